The van der Waals surface area contributed by atoms with Gasteiger partial charge in [-0.3, -0.25) is 0 Å². The Morgan fingerprint density at radius 1 is 1.14 bits per heavy atom. The summed E-state index contributed by atoms with van der Waals surface area (Å²) in [4.78, 5) is 12.2. The van der Waals surface area contributed by atoms with E-state index in [1.54, 1.807) is 18.2 Å². The molecule has 2 N–H and O–H groups in total. The van der Waals surface area contributed by atoms with Crippen LogP contribution in [-0.4, -0.2) is 7.11 Å². The fourth-order valence-corrected chi connectivity index (χ4v) is 2.39. The van der Waals surface area contributed by atoms with Gasteiger partial charge in [-0.05, 0) is 24.6 Å². The van der Waals surface area contributed by atoms with Crippen molar-refractivity contribution in [1.29, 1.82) is 0 Å². The van der Waals surface area contributed by atoms with Gasteiger partial charge in [0.2, 0.25) is 0 Å². The summed E-state index contributed by atoms with van der Waals surface area (Å²) >= 11 is 0. The molecule has 0 aliphatic rings. The van der Waals surface area contributed by atoms with E-state index < -0.39 is 5.63 Å². The first kappa shape index (κ1) is 13.2. The Kier molecular flexibility index (Phi) is 3.14. The van der Waals surface area contributed by atoms with Gasteiger partial charge < -0.3 is 14.9 Å². The number of nitrogen functional groups attached to an aromatic ring is 1. The molecule has 3 rings (SSSR count). The van der Waals surface area contributed by atoms with E-state index in [1.807, 2.05) is 31.2 Å². The van der Waals surface area contributed by atoms with Gasteiger partial charge in [-0.25, -0.2) is 4.79 Å². The van der Waals surface area contributed by atoms with Crippen molar-refractivity contribution in [3.05, 3.63) is 58.4 Å². The number of hydrogen-bond donors (Lipinski definition) is 1. The van der Waals surface area contributed by atoms with Crippen molar-refractivity contribution in [3.8, 4) is 16.9 Å². The van der Waals surface area contributed by atoms with Crippen molar-refractivity contribution < 1.29 is 9.15 Å². The zero-order valence-corrected chi connectivity index (χ0v) is 11.8. The molecule has 0 saturated carbocycles. The van der Waals surface area contributed by atoms with Crippen molar-refractivity contribution in [2.24, 2.45) is 0 Å². The smallest absolute Gasteiger partial charge is 0.344 e. The van der Waals surface area contributed by atoms with Crippen molar-refractivity contribution in [2.75, 3.05) is 12.8 Å². The average Bonchev–Trinajstić information content (AvgIpc) is 2.46. The zero-order chi connectivity index (χ0) is 15.0. The molecule has 4 heteroatoms. The van der Waals surface area contributed by atoms with Crippen LogP contribution in [0.4, 0.5) is 5.69 Å². The number of ether oxygens (including phenoxy) is 1. The number of aryl methyl sites for hydroxylation is 1. The standard InChI is InChI=1S/C17H15NO3/c1-10-4-3-5-11(6-10)14-8-12-7-13(18)9-15(20-2)16(12)21-17(14)19/h3-9H,18H2,1-2H3. The fraction of sp³-hybridized carbons (Fsp3) is 0.118. The van der Waals surface area contributed by atoms with Gasteiger partial charge in [0.1, 0.15) is 0 Å². The summed E-state index contributed by atoms with van der Waals surface area (Å²) in [5.74, 6) is 0.456. The van der Waals surface area contributed by atoms with Gasteiger partial charge in [-0.2, -0.15) is 0 Å². The first-order valence-corrected chi connectivity index (χ1v) is 6.57. The van der Waals surface area contributed by atoms with Crippen LogP contribution in [0, 0.1) is 6.92 Å². The van der Waals surface area contributed by atoms with E-state index in [4.69, 9.17) is 14.9 Å². The van der Waals surface area contributed by atoms with Crippen LogP contribution < -0.4 is 16.1 Å². The Labute approximate surface area is 121 Å². The fourth-order valence-electron chi connectivity index (χ4n) is 2.39. The minimum absolute atomic E-state index is 0.392. The van der Waals surface area contributed by atoms with Crippen molar-refractivity contribution in [1.82, 2.24) is 0 Å². The number of nitrogens with two attached hydrogens (primary N) is 1. The molecule has 1 aromatic heterocycles. The SMILES string of the molecule is COc1cc(N)cc2cc(-c3cccc(C)c3)c(=O)oc12. The maximum atomic E-state index is 12.2. The maximum absolute atomic E-state index is 12.2. The molecular formula is C17H15NO3. The van der Waals surface area contributed by atoms with E-state index in [0.717, 1.165) is 16.5 Å². The third kappa shape index (κ3) is 2.36. The Hall–Kier alpha value is -2.75. The molecule has 0 aliphatic heterocycles. The zero-order valence-electron chi connectivity index (χ0n) is 11.8. The lowest BCUT2D eigenvalue weighted by Crippen LogP contribution is -2.04. The quantitative estimate of drug-likeness (QED) is 0.578. The molecule has 0 saturated heterocycles. The van der Waals surface area contributed by atoms with Crippen LogP contribution in [0.25, 0.3) is 22.1 Å². The van der Waals surface area contributed by atoms with E-state index >= 15 is 0 Å². The summed E-state index contributed by atoms with van der Waals surface area (Å²) in [7, 11) is 1.52. The summed E-state index contributed by atoms with van der Waals surface area (Å²) in [5, 5.41) is 0.739. The van der Waals surface area contributed by atoms with E-state index in [0.29, 0.717) is 22.6 Å². The number of hydrogen-bond acceptors (Lipinski definition) is 4. The molecule has 4 nitrogen and oxygen atoms in total. The molecule has 3 aromatic rings. The summed E-state index contributed by atoms with van der Waals surface area (Å²) in [6.07, 6.45) is 0. The highest BCUT2D eigenvalue weighted by atomic mass is 16.5. The second-order valence-electron chi connectivity index (χ2n) is 4.96. The van der Waals surface area contributed by atoms with Crippen LogP contribution in [0.1, 0.15) is 5.56 Å². The molecule has 0 fully saturated rings. The highest BCUT2D eigenvalue weighted by molar-refractivity contribution is 5.89. The Bertz CT molecular complexity index is 881. The molecule has 1 heterocycles. The van der Waals surface area contributed by atoms with E-state index in [1.165, 1.54) is 7.11 Å². The molecule has 106 valence electrons. The minimum atomic E-state index is -0.392. The normalized spacial score (nSPS) is 10.8. The predicted molar refractivity (Wildman–Crippen MR) is 83.6 cm³/mol. The first-order chi connectivity index (χ1) is 10.1. The van der Waals surface area contributed by atoms with Gasteiger partial charge in [0.25, 0.3) is 0 Å². The molecule has 2 aromatic carbocycles. The van der Waals surface area contributed by atoms with E-state index in [-0.39, 0.29) is 0 Å². The molecule has 0 radical (unpaired) electrons. The summed E-state index contributed by atoms with van der Waals surface area (Å²) < 4.78 is 10.6. The van der Waals surface area contributed by atoms with Crippen molar-refractivity contribution in [2.45, 2.75) is 6.92 Å². The summed E-state index contributed by atoms with van der Waals surface area (Å²) in [5.41, 5.74) is 8.85. The summed E-state index contributed by atoms with van der Waals surface area (Å²) in [6.45, 7) is 1.98. The first-order valence-electron chi connectivity index (χ1n) is 6.57. The van der Waals surface area contributed by atoms with Crippen LogP contribution in [0.15, 0.2) is 51.7 Å². The lowest BCUT2D eigenvalue weighted by Gasteiger charge is -2.08. The predicted octanol–water partition coefficient (Wildman–Crippen LogP) is 3.36. The Morgan fingerprint density at radius 3 is 2.67 bits per heavy atom. The highest BCUT2D eigenvalue weighted by Gasteiger charge is 2.12. The third-order valence-electron chi connectivity index (χ3n) is 3.37. The van der Waals surface area contributed by atoms with Crippen LogP contribution in [0.5, 0.6) is 5.75 Å². The van der Waals surface area contributed by atoms with Crippen LogP contribution >= 0.6 is 0 Å². The van der Waals surface area contributed by atoms with Gasteiger partial charge in [0, 0.05) is 17.1 Å². The van der Waals surface area contributed by atoms with Gasteiger partial charge in [0.15, 0.2) is 11.3 Å². The van der Waals surface area contributed by atoms with Gasteiger partial charge in [-0.15, -0.1) is 0 Å². The number of anilines is 1. The highest BCUT2D eigenvalue weighted by Crippen LogP contribution is 2.30. The largest absolute Gasteiger partial charge is 0.493 e. The third-order valence-corrected chi connectivity index (χ3v) is 3.37. The second kappa shape index (κ2) is 4.98. The van der Waals surface area contributed by atoms with E-state index in [2.05, 4.69) is 0 Å². The molecule has 0 amide bonds. The topological polar surface area (TPSA) is 65.5 Å². The number of fused-ring (bicyclic) bond motifs is 1. The Morgan fingerprint density at radius 2 is 1.95 bits per heavy atom. The average molecular weight is 281 g/mol. The lowest BCUT2D eigenvalue weighted by molar-refractivity contribution is 0.407. The monoisotopic (exact) mass is 281 g/mol. The Balaban J connectivity index is 2.31. The lowest BCUT2D eigenvalue weighted by atomic mass is 10.0. The second-order valence-corrected chi connectivity index (χ2v) is 4.96. The van der Waals surface area contributed by atoms with Gasteiger partial charge in [0.05, 0.1) is 12.7 Å². The summed E-state index contributed by atoms with van der Waals surface area (Å²) in [6, 6.07) is 12.9. The van der Waals surface area contributed by atoms with Crippen molar-refractivity contribution in [3.63, 3.8) is 0 Å². The van der Waals surface area contributed by atoms with Crippen LogP contribution in [0.2, 0.25) is 0 Å². The minimum Gasteiger partial charge on any atom is -0.493 e. The van der Waals surface area contributed by atoms with Gasteiger partial charge in [-0.1, -0.05) is 29.8 Å². The molecule has 0 bridgehead atoms. The molecular weight excluding hydrogens is 266 g/mol. The van der Waals surface area contributed by atoms with Gasteiger partial charge >= 0.3 is 5.63 Å². The maximum Gasteiger partial charge on any atom is 0.344 e. The molecule has 0 spiro atoms. The number of rotatable bonds is 2. The molecule has 0 unspecified atom stereocenters. The number of benzene rings is 2. The molecule has 0 aliphatic carbocycles. The van der Waals surface area contributed by atoms with E-state index in [9.17, 15) is 4.79 Å². The van der Waals surface area contributed by atoms with Crippen LogP contribution in [0.3, 0.4) is 0 Å². The number of methoxy groups -OCH3 is 1. The molecule has 0 atom stereocenters. The van der Waals surface area contributed by atoms with Crippen molar-refractivity contribution >= 4 is 16.7 Å². The molecule has 21 heavy (non-hydrogen) atoms. The van der Waals surface area contributed by atoms with Crippen LogP contribution in [-0.2, 0) is 0 Å².